The maximum absolute atomic E-state index is 5.93. The second kappa shape index (κ2) is 9.15. The third kappa shape index (κ3) is 5.40. The van der Waals surface area contributed by atoms with Gasteiger partial charge in [0, 0.05) is 23.0 Å². The molecule has 1 aromatic carbocycles. The summed E-state index contributed by atoms with van der Waals surface area (Å²) >= 11 is 5.93. The molecule has 0 atom stereocenters. The molecule has 132 valence electrons. The summed E-state index contributed by atoms with van der Waals surface area (Å²) in [4.78, 5) is 9.05. The molecule has 0 aliphatic heterocycles. The van der Waals surface area contributed by atoms with Crippen LogP contribution in [0.1, 0.15) is 51.0 Å². The van der Waals surface area contributed by atoms with Gasteiger partial charge in [-0.1, -0.05) is 30.7 Å². The number of aromatic nitrogens is 2. The minimum atomic E-state index is 0.736. The molecule has 0 spiro atoms. The lowest BCUT2D eigenvalue weighted by atomic mass is 9.79. The largest absolute Gasteiger partial charge is 0.236 e. The van der Waals surface area contributed by atoms with Crippen molar-refractivity contribution in [2.24, 2.45) is 11.8 Å². The fraction of sp³-hybridized carbons (Fsp3) is 0.455. The molecule has 1 fully saturated rings. The molecule has 1 aromatic heterocycles. The van der Waals surface area contributed by atoms with Gasteiger partial charge in [-0.3, -0.25) is 0 Å². The van der Waals surface area contributed by atoms with E-state index in [2.05, 4.69) is 29.0 Å². The van der Waals surface area contributed by atoms with Gasteiger partial charge in [0.05, 0.1) is 0 Å². The summed E-state index contributed by atoms with van der Waals surface area (Å²) < 4.78 is 0. The van der Waals surface area contributed by atoms with E-state index in [1.807, 2.05) is 36.7 Å². The summed E-state index contributed by atoms with van der Waals surface area (Å²) in [5.74, 6) is 2.45. The van der Waals surface area contributed by atoms with Crippen molar-refractivity contribution in [3.05, 3.63) is 59.4 Å². The van der Waals surface area contributed by atoms with Crippen LogP contribution in [0.15, 0.2) is 48.8 Å². The van der Waals surface area contributed by atoms with Gasteiger partial charge >= 0.3 is 0 Å². The van der Waals surface area contributed by atoms with Crippen LogP contribution in [0.3, 0.4) is 0 Å². The molecule has 3 heteroatoms. The first kappa shape index (κ1) is 18.1. The lowest BCUT2D eigenvalue weighted by Gasteiger charge is -2.26. The summed E-state index contributed by atoms with van der Waals surface area (Å²) in [6.45, 7) is 2.21. The first-order chi connectivity index (χ1) is 12.2. The molecule has 1 saturated carbocycles. The van der Waals surface area contributed by atoms with Crippen LogP contribution >= 0.6 is 11.6 Å². The monoisotopic (exact) mass is 354 g/mol. The van der Waals surface area contributed by atoms with E-state index in [0.29, 0.717) is 0 Å². The maximum Gasteiger partial charge on any atom is 0.159 e. The topological polar surface area (TPSA) is 25.8 Å². The van der Waals surface area contributed by atoms with E-state index < -0.39 is 0 Å². The number of rotatable bonds is 6. The van der Waals surface area contributed by atoms with Crippen molar-refractivity contribution >= 4 is 11.6 Å². The highest BCUT2D eigenvalue weighted by Crippen LogP contribution is 2.32. The minimum absolute atomic E-state index is 0.736. The summed E-state index contributed by atoms with van der Waals surface area (Å²) in [7, 11) is 0. The number of aryl methyl sites for hydroxylation is 1. The highest BCUT2D eigenvalue weighted by atomic mass is 35.5. The third-order valence-corrected chi connectivity index (χ3v) is 5.44. The Morgan fingerprint density at radius 2 is 1.72 bits per heavy atom. The van der Waals surface area contributed by atoms with Gasteiger partial charge in [0.15, 0.2) is 5.82 Å². The van der Waals surface area contributed by atoms with Crippen LogP contribution in [-0.4, -0.2) is 9.97 Å². The van der Waals surface area contributed by atoms with Crippen molar-refractivity contribution in [2.45, 2.75) is 51.9 Å². The lowest BCUT2D eigenvalue weighted by molar-refractivity contribution is 0.296. The van der Waals surface area contributed by atoms with Crippen molar-refractivity contribution in [1.82, 2.24) is 9.97 Å². The minimum Gasteiger partial charge on any atom is -0.236 e. The number of hydrogen-bond donors (Lipinski definition) is 0. The molecule has 0 saturated heterocycles. The Balaban J connectivity index is 1.48. The van der Waals surface area contributed by atoms with E-state index in [4.69, 9.17) is 11.6 Å². The van der Waals surface area contributed by atoms with E-state index in [1.54, 1.807) is 0 Å². The molecule has 1 heterocycles. The molecule has 3 rings (SSSR count). The van der Waals surface area contributed by atoms with E-state index >= 15 is 0 Å². The van der Waals surface area contributed by atoms with Gasteiger partial charge in [0.25, 0.3) is 0 Å². The molecule has 2 nitrogen and oxygen atoms in total. The Labute approximate surface area is 156 Å². The molecule has 25 heavy (non-hydrogen) atoms. The van der Waals surface area contributed by atoms with Crippen LogP contribution in [0, 0.1) is 11.8 Å². The average molecular weight is 355 g/mol. The molecule has 0 bridgehead atoms. The average Bonchev–Trinajstić information content (AvgIpc) is 2.67. The Morgan fingerprint density at radius 3 is 2.36 bits per heavy atom. The van der Waals surface area contributed by atoms with Crippen LogP contribution in [0.4, 0.5) is 0 Å². The number of halogens is 1. The number of hydrogen-bond acceptors (Lipinski definition) is 2. The van der Waals surface area contributed by atoms with Crippen LogP contribution in [0.5, 0.6) is 0 Å². The SMILES string of the molecule is CCC=C[C@H]1CC[C@H](CCc2cnc(-c3ccc(Cl)cc3)nc2)CC1. The number of benzene rings is 1. The van der Waals surface area contributed by atoms with Gasteiger partial charge < -0.3 is 0 Å². The molecular weight excluding hydrogens is 328 g/mol. The quantitative estimate of drug-likeness (QED) is 0.553. The predicted molar refractivity (Wildman–Crippen MR) is 106 cm³/mol. The fourth-order valence-electron chi connectivity index (χ4n) is 3.60. The van der Waals surface area contributed by atoms with Gasteiger partial charge in [-0.05, 0) is 86.6 Å². The molecule has 0 amide bonds. The third-order valence-electron chi connectivity index (χ3n) is 5.18. The zero-order valence-electron chi connectivity index (χ0n) is 15.0. The van der Waals surface area contributed by atoms with Crippen LogP contribution < -0.4 is 0 Å². The smallest absolute Gasteiger partial charge is 0.159 e. The van der Waals surface area contributed by atoms with E-state index in [0.717, 1.165) is 41.1 Å². The molecule has 0 unspecified atom stereocenters. The molecule has 1 aliphatic carbocycles. The second-order valence-electron chi connectivity index (χ2n) is 7.08. The van der Waals surface area contributed by atoms with Gasteiger partial charge in [-0.25, -0.2) is 9.97 Å². The Kier molecular flexibility index (Phi) is 6.63. The zero-order valence-corrected chi connectivity index (χ0v) is 15.8. The van der Waals surface area contributed by atoms with Crippen molar-refractivity contribution in [3.63, 3.8) is 0 Å². The van der Waals surface area contributed by atoms with Crippen LogP contribution in [0.2, 0.25) is 5.02 Å². The summed E-state index contributed by atoms with van der Waals surface area (Å²) in [5.41, 5.74) is 2.25. The Hall–Kier alpha value is -1.67. The van der Waals surface area contributed by atoms with Gasteiger partial charge in [-0.2, -0.15) is 0 Å². The van der Waals surface area contributed by atoms with E-state index in [-0.39, 0.29) is 0 Å². The summed E-state index contributed by atoms with van der Waals surface area (Å²) in [6.07, 6.45) is 17.6. The van der Waals surface area contributed by atoms with Gasteiger partial charge in [0.1, 0.15) is 0 Å². The number of allylic oxidation sites excluding steroid dienone is 2. The normalized spacial score (nSPS) is 20.9. The fourth-order valence-corrected chi connectivity index (χ4v) is 3.73. The van der Waals surface area contributed by atoms with Crippen molar-refractivity contribution in [1.29, 1.82) is 0 Å². The maximum atomic E-state index is 5.93. The summed E-state index contributed by atoms with van der Waals surface area (Å²) in [6, 6.07) is 7.67. The first-order valence-electron chi connectivity index (χ1n) is 9.48. The zero-order chi connectivity index (χ0) is 17.5. The molecule has 1 aliphatic rings. The Morgan fingerprint density at radius 1 is 1.04 bits per heavy atom. The molecular formula is C22H27ClN2. The molecule has 0 radical (unpaired) electrons. The van der Waals surface area contributed by atoms with Gasteiger partial charge in [0.2, 0.25) is 0 Å². The lowest BCUT2D eigenvalue weighted by Crippen LogP contribution is -2.13. The number of nitrogens with zero attached hydrogens (tertiary/aromatic N) is 2. The van der Waals surface area contributed by atoms with Crippen molar-refractivity contribution in [2.75, 3.05) is 0 Å². The highest BCUT2D eigenvalue weighted by molar-refractivity contribution is 6.30. The first-order valence-corrected chi connectivity index (χ1v) is 9.86. The van der Waals surface area contributed by atoms with Crippen molar-refractivity contribution < 1.29 is 0 Å². The van der Waals surface area contributed by atoms with E-state index in [1.165, 1.54) is 37.7 Å². The van der Waals surface area contributed by atoms with Crippen LogP contribution in [0.25, 0.3) is 11.4 Å². The van der Waals surface area contributed by atoms with Crippen LogP contribution in [-0.2, 0) is 6.42 Å². The van der Waals surface area contributed by atoms with Crippen molar-refractivity contribution in [3.8, 4) is 11.4 Å². The van der Waals surface area contributed by atoms with Gasteiger partial charge in [-0.15, -0.1) is 0 Å². The predicted octanol–water partition coefficient (Wildman–Crippen LogP) is 6.50. The highest BCUT2D eigenvalue weighted by Gasteiger charge is 2.19. The standard InChI is InChI=1S/C22H27ClN2/c1-2-3-4-17-5-7-18(8-6-17)9-10-19-15-24-22(25-16-19)20-11-13-21(23)14-12-20/h3-4,11-18H,2,5-10H2,1H3/t17-,18-. The second-order valence-corrected chi connectivity index (χ2v) is 7.51. The Bertz CT molecular complexity index is 668. The summed E-state index contributed by atoms with van der Waals surface area (Å²) in [5, 5.41) is 0.736. The molecule has 0 N–H and O–H groups in total. The molecule has 2 aromatic rings. The van der Waals surface area contributed by atoms with E-state index in [9.17, 15) is 0 Å².